The van der Waals surface area contributed by atoms with Crippen LogP contribution in [0.4, 0.5) is 5.69 Å². The van der Waals surface area contributed by atoms with Gasteiger partial charge in [0.15, 0.2) is 5.69 Å². The average Bonchev–Trinajstić information content (AvgIpc) is 2.94. The van der Waals surface area contributed by atoms with Crippen molar-refractivity contribution in [1.29, 1.82) is 0 Å². The maximum absolute atomic E-state index is 12.2. The molecule has 0 aliphatic carbocycles. The molecule has 0 aliphatic heterocycles. The van der Waals surface area contributed by atoms with Crippen molar-refractivity contribution in [3.63, 3.8) is 0 Å². The van der Waals surface area contributed by atoms with Crippen LogP contribution < -0.4 is 10.1 Å². The SMILES string of the molecule is CCOc1ccc(NC(=O)c2cc3ccccn3n2)cc1. The highest BCUT2D eigenvalue weighted by molar-refractivity contribution is 6.03. The van der Waals surface area contributed by atoms with Gasteiger partial charge in [-0.1, -0.05) is 6.07 Å². The fourth-order valence-electron chi connectivity index (χ4n) is 2.05. The Hall–Kier alpha value is -2.82. The molecule has 0 unspecified atom stereocenters. The molecule has 0 saturated carbocycles. The van der Waals surface area contributed by atoms with E-state index in [2.05, 4.69) is 10.4 Å². The molecule has 2 aromatic heterocycles. The van der Waals surface area contributed by atoms with Crippen LogP contribution in [0.15, 0.2) is 54.7 Å². The number of hydrogen-bond donors (Lipinski definition) is 1. The van der Waals surface area contributed by atoms with Crippen molar-refractivity contribution in [2.24, 2.45) is 0 Å². The highest BCUT2D eigenvalue weighted by Gasteiger charge is 2.10. The number of rotatable bonds is 4. The standard InChI is InChI=1S/C16H15N3O2/c1-2-21-14-8-6-12(7-9-14)17-16(20)15-11-13-5-3-4-10-19(13)18-15/h3-11H,2H2,1H3,(H,17,20). The number of nitrogens with one attached hydrogen (secondary N) is 1. The Morgan fingerprint density at radius 2 is 2.05 bits per heavy atom. The maximum Gasteiger partial charge on any atom is 0.276 e. The lowest BCUT2D eigenvalue weighted by Gasteiger charge is -2.05. The van der Waals surface area contributed by atoms with Gasteiger partial charge in [0.25, 0.3) is 5.91 Å². The predicted octanol–water partition coefficient (Wildman–Crippen LogP) is 2.99. The van der Waals surface area contributed by atoms with Gasteiger partial charge in [-0.05, 0) is 49.4 Å². The van der Waals surface area contributed by atoms with Crippen molar-refractivity contribution in [2.45, 2.75) is 6.92 Å². The zero-order valence-electron chi connectivity index (χ0n) is 11.6. The number of anilines is 1. The summed E-state index contributed by atoms with van der Waals surface area (Å²) in [7, 11) is 0. The highest BCUT2D eigenvalue weighted by atomic mass is 16.5. The van der Waals surface area contributed by atoms with Gasteiger partial charge < -0.3 is 10.1 Å². The van der Waals surface area contributed by atoms with E-state index in [4.69, 9.17) is 4.74 Å². The fourth-order valence-corrected chi connectivity index (χ4v) is 2.05. The number of benzene rings is 1. The molecule has 3 aromatic rings. The third-order valence-electron chi connectivity index (χ3n) is 3.03. The summed E-state index contributed by atoms with van der Waals surface area (Å²) in [6.45, 7) is 2.55. The number of nitrogens with zero attached hydrogens (tertiary/aromatic N) is 2. The van der Waals surface area contributed by atoms with Gasteiger partial charge in [0, 0.05) is 11.9 Å². The Morgan fingerprint density at radius 3 is 2.76 bits per heavy atom. The van der Waals surface area contributed by atoms with Crippen molar-refractivity contribution >= 4 is 17.1 Å². The Bertz CT molecular complexity index is 730. The smallest absolute Gasteiger partial charge is 0.276 e. The van der Waals surface area contributed by atoms with Gasteiger partial charge in [0.05, 0.1) is 12.1 Å². The number of carbonyl (C=O) groups excluding carboxylic acids is 1. The van der Waals surface area contributed by atoms with Crippen LogP contribution in [0, 0.1) is 0 Å². The minimum Gasteiger partial charge on any atom is -0.494 e. The normalized spacial score (nSPS) is 10.5. The van der Waals surface area contributed by atoms with E-state index in [-0.39, 0.29) is 5.91 Å². The Labute approximate surface area is 122 Å². The van der Waals surface area contributed by atoms with Crippen molar-refractivity contribution in [3.05, 3.63) is 60.4 Å². The zero-order chi connectivity index (χ0) is 14.7. The Morgan fingerprint density at radius 1 is 1.24 bits per heavy atom. The summed E-state index contributed by atoms with van der Waals surface area (Å²) in [5.74, 6) is 0.547. The van der Waals surface area contributed by atoms with Crippen molar-refractivity contribution in [3.8, 4) is 5.75 Å². The molecule has 3 rings (SSSR count). The largest absolute Gasteiger partial charge is 0.494 e. The minimum atomic E-state index is -0.233. The van der Waals surface area contributed by atoms with Crippen LogP contribution in [0.25, 0.3) is 5.52 Å². The maximum atomic E-state index is 12.2. The molecule has 1 amide bonds. The first-order chi connectivity index (χ1) is 10.3. The molecule has 1 N–H and O–H groups in total. The Balaban J connectivity index is 1.76. The molecule has 0 bridgehead atoms. The van der Waals surface area contributed by atoms with E-state index >= 15 is 0 Å². The molecule has 0 atom stereocenters. The number of hydrogen-bond acceptors (Lipinski definition) is 3. The van der Waals surface area contributed by atoms with E-state index in [0.717, 1.165) is 11.3 Å². The van der Waals surface area contributed by atoms with E-state index in [0.29, 0.717) is 18.0 Å². The van der Waals surface area contributed by atoms with Crippen molar-refractivity contribution in [1.82, 2.24) is 9.61 Å². The van der Waals surface area contributed by atoms with Gasteiger partial charge >= 0.3 is 0 Å². The van der Waals surface area contributed by atoms with Gasteiger partial charge in [-0.2, -0.15) is 5.10 Å². The monoisotopic (exact) mass is 281 g/mol. The molecule has 21 heavy (non-hydrogen) atoms. The second-order valence-corrected chi connectivity index (χ2v) is 4.51. The van der Waals surface area contributed by atoms with E-state index in [9.17, 15) is 4.79 Å². The molecule has 0 fully saturated rings. The van der Waals surface area contributed by atoms with Gasteiger partial charge in [-0.3, -0.25) is 4.79 Å². The quantitative estimate of drug-likeness (QED) is 0.800. The molecule has 2 heterocycles. The number of carbonyl (C=O) groups is 1. The summed E-state index contributed by atoms with van der Waals surface area (Å²) in [6.07, 6.45) is 1.81. The van der Waals surface area contributed by atoms with Crippen LogP contribution in [0.5, 0.6) is 5.75 Å². The van der Waals surface area contributed by atoms with Crippen molar-refractivity contribution < 1.29 is 9.53 Å². The summed E-state index contributed by atoms with van der Waals surface area (Å²) in [5.41, 5.74) is 1.98. The summed E-state index contributed by atoms with van der Waals surface area (Å²) in [6, 6.07) is 14.7. The molecule has 0 radical (unpaired) electrons. The van der Waals surface area contributed by atoms with Gasteiger partial charge in [0.1, 0.15) is 5.75 Å². The number of pyridine rings is 1. The van der Waals surface area contributed by atoms with E-state index in [1.165, 1.54) is 0 Å². The molecule has 1 aromatic carbocycles. The average molecular weight is 281 g/mol. The predicted molar refractivity (Wildman–Crippen MR) is 80.8 cm³/mol. The van der Waals surface area contributed by atoms with Crippen LogP contribution in [0.3, 0.4) is 0 Å². The lowest BCUT2D eigenvalue weighted by atomic mass is 10.3. The van der Waals surface area contributed by atoms with Crippen molar-refractivity contribution in [2.75, 3.05) is 11.9 Å². The van der Waals surface area contributed by atoms with E-state index in [1.54, 1.807) is 22.7 Å². The first kappa shape index (κ1) is 13.2. The second-order valence-electron chi connectivity index (χ2n) is 4.51. The number of ether oxygens (including phenoxy) is 1. The van der Waals surface area contributed by atoms with Gasteiger partial charge in [-0.25, -0.2) is 4.52 Å². The molecule has 5 nitrogen and oxygen atoms in total. The highest BCUT2D eigenvalue weighted by Crippen LogP contribution is 2.16. The fraction of sp³-hybridized carbons (Fsp3) is 0.125. The molecule has 5 heteroatoms. The number of fused-ring (bicyclic) bond motifs is 1. The van der Waals surface area contributed by atoms with Crippen LogP contribution in [-0.4, -0.2) is 22.1 Å². The molecular formula is C16H15N3O2. The summed E-state index contributed by atoms with van der Waals surface area (Å²) < 4.78 is 7.04. The second kappa shape index (κ2) is 5.66. The molecule has 0 saturated heterocycles. The molecule has 106 valence electrons. The lowest BCUT2D eigenvalue weighted by Crippen LogP contribution is -2.12. The van der Waals surface area contributed by atoms with Gasteiger partial charge in [0.2, 0.25) is 0 Å². The van der Waals surface area contributed by atoms with Crippen LogP contribution in [0.1, 0.15) is 17.4 Å². The first-order valence-electron chi connectivity index (χ1n) is 6.75. The van der Waals surface area contributed by atoms with Crippen LogP contribution >= 0.6 is 0 Å². The van der Waals surface area contributed by atoms with Gasteiger partial charge in [-0.15, -0.1) is 0 Å². The van der Waals surface area contributed by atoms with E-state index in [1.807, 2.05) is 43.5 Å². The minimum absolute atomic E-state index is 0.233. The molecular weight excluding hydrogens is 266 g/mol. The lowest BCUT2D eigenvalue weighted by molar-refractivity contribution is 0.102. The third kappa shape index (κ3) is 2.86. The van der Waals surface area contributed by atoms with Crippen LogP contribution in [-0.2, 0) is 0 Å². The zero-order valence-corrected chi connectivity index (χ0v) is 11.6. The summed E-state index contributed by atoms with van der Waals surface area (Å²) >= 11 is 0. The third-order valence-corrected chi connectivity index (χ3v) is 3.03. The van der Waals surface area contributed by atoms with E-state index < -0.39 is 0 Å². The topological polar surface area (TPSA) is 55.6 Å². The number of aromatic nitrogens is 2. The molecule has 0 aliphatic rings. The summed E-state index contributed by atoms with van der Waals surface area (Å²) in [4.78, 5) is 12.2. The Kier molecular flexibility index (Phi) is 3.55. The number of amides is 1. The molecule has 0 spiro atoms. The summed E-state index contributed by atoms with van der Waals surface area (Å²) in [5, 5.41) is 7.05. The van der Waals surface area contributed by atoms with Crippen LogP contribution in [0.2, 0.25) is 0 Å². The first-order valence-corrected chi connectivity index (χ1v) is 6.75.